The molecule has 0 aliphatic rings. The Balaban J connectivity index is 1.53. The SMILES string of the molecule is O=C(CCSc1ncccn1)Nc1ccc(S(=O)(=O)Nc2ncccn2)cc1. The summed E-state index contributed by atoms with van der Waals surface area (Å²) < 4.78 is 26.9. The van der Waals surface area contributed by atoms with Crippen molar-refractivity contribution in [3.8, 4) is 0 Å². The van der Waals surface area contributed by atoms with E-state index >= 15 is 0 Å². The van der Waals surface area contributed by atoms with E-state index in [2.05, 4.69) is 30.0 Å². The van der Waals surface area contributed by atoms with E-state index in [1.807, 2.05) is 0 Å². The zero-order chi connectivity index (χ0) is 19.8. The second-order valence-corrected chi connectivity index (χ2v) is 8.12. The van der Waals surface area contributed by atoms with Gasteiger partial charge in [0.15, 0.2) is 5.16 Å². The van der Waals surface area contributed by atoms with Crippen molar-refractivity contribution >= 4 is 39.3 Å². The minimum atomic E-state index is -3.81. The number of hydrogen-bond acceptors (Lipinski definition) is 8. The molecule has 1 aromatic carbocycles. The van der Waals surface area contributed by atoms with Gasteiger partial charge < -0.3 is 5.32 Å². The van der Waals surface area contributed by atoms with Crippen LogP contribution in [0.3, 0.4) is 0 Å². The molecule has 0 unspecified atom stereocenters. The summed E-state index contributed by atoms with van der Waals surface area (Å²) in [5, 5.41) is 3.33. The Morgan fingerprint density at radius 3 is 2.18 bits per heavy atom. The Labute approximate surface area is 166 Å². The number of hydrogen-bond donors (Lipinski definition) is 2. The average Bonchev–Trinajstić information content (AvgIpc) is 2.70. The molecule has 2 heterocycles. The highest BCUT2D eigenvalue weighted by atomic mass is 32.2. The smallest absolute Gasteiger partial charge is 0.264 e. The Hall–Kier alpha value is -3.05. The first kappa shape index (κ1) is 19.7. The molecule has 2 N–H and O–H groups in total. The summed E-state index contributed by atoms with van der Waals surface area (Å²) in [5.74, 6) is 0.332. The van der Waals surface area contributed by atoms with Gasteiger partial charge in [-0.3, -0.25) is 4.79 Å². The number of carbonyl (C=O) groups excluding carboxylic acids is 1. The van der Waals surface area contributed by atoms with Gasteiger partial charge in [0.25, 0.3) is 10.0 Å². The molecular formula is C17H16N6O3S2. The van der Waals surface area contributed by atoms with Gasteiger partial charge in [0.1, 0.15) is 0 Å². The molecule has 9 nitrogen and oxygen atoms in total. The summed E-state index contributed by atoms with van der Waals surface area (Å²) in [7, 11) is -3.81. The second kappa shape index (κ2) is 9.24. The van der Waals surface area contributed by atoms with Crippen molar-refractivity contribution in [3.63, 3.8) is 0 Å². The molecule has 0 radical (unpaired) electrons. The number of thioether (sulfide) groups is 1. The lowest BCUT2D eigenvalue weighted by Crippen LogP contribution is -2.15. The van der Waals surface area contributed by atoms with E-state index in [1.54, 1.807) is 24.5 Å². The first-order chi connectivity index (χ1) is 13.5. The molecule has 0 aliphatic carbocycles. The van der Waals surface area contributed by atoms with Gasteiger partial charge >= 0.3 is 0 Å². The lowest BCUT2D eigenvalue weighted by molar-refractivity contribution is -0.115. The maximum Gasteiger partial charge on any atom is 0.264 e. The molecule has 0 aliphatic heterocycles. The largest absolute Gasteiger partial charge is 0.326 e. The highest BCUT2D eigenvalue weighted by Crippen LogP contribution is 2.17. The molecule has 0 fully saturated rings. The van der Waals surface area contributed by atoms with Crippen LogP contribution in [0.15, 0.2) is 71.2 Å². The van der Waals surface area contributed by atoms with Gasteiger partial charge in [0.05, 0.1) is 4.90 Å². The van der Waals surface area contributed by atoms with E-state index in [-0.39, 0.29) is 23.2 Å². The van der Waals surface area contributed by atoms with Crippen LogP contribution in [0.1, 0.15) is 6.42 Å². The van der Waals surface area contributed by atoms with Crippen molar-refractivity contribution in [1.82, 2.24) is 19.9 Å². The number of amides is 1. The number of nitrogens with one attached hydrogen (secondary N) is 2. The average molecular weight is 416 g/mol. The Morgan fingerprint density at radius 2 is 1.54 bits per heavy atom. The van der Waals surface area contributed by atoms with Gasteiger partial charge in [0, 0.05) is 42.6 Å². The molecule has 0 atom stereocenters. The molecule has 3 aromatic rings. The fourth-order valence-corrected chi connectivity index (χ4v) is 3.77. The summed E-state index contributed by atoms with van der Waals surface area (Å²) in [6.07, 6.45) is 6.43. The minimum Gasteiger partial charge on any atom is -0.326 e. The van der Waals surface area contributed by atoms with E-state index in [4.69, 9.17) is 0 Å². The lowest BCUT2D eigenvalue weighted by Gasteiger charge is -2.08. The molecule has 144 valence electrons. The Bertz CT molecular complexity index is 1020. The van der Waals surface area contributed by atoms with E-state index in [1.165, 1.54) is 48.4 Å². The van der Waals surface area contributed by atoms with Gasteiger partial charge in [-0.1, -0.05) is 11.8 Å². The zero-order valence-corrected chi connectivity index (χ0v) is 16.2. The van der Waals surface area contributed by atoms with Crippen LogP contribution in [0, 0.1) is 0 Å². The fourth-order valence-electron chi connectivity index (χ4n) is 2.07. The molecule has 0 bridgehead atoms. The van der Waals surface area contributed by atoms with Crippen LogP contribution < -0.4 is 10.0 Å². The van der Waals surface area contributed by atoms with Crippen LogP contribution in [0.4, 0.5) is 11.6 Å². The fraction of sp³-hybridized carbons (Fsp3) is 0.118. The topological polar surface area (TPSA) is 127 Å². The van der Waals surface area contributed by atoms with Crippen LogP contribution >= 0.6 is 11.8 Å². The summed E-state index contributed by atoms with van der Waals surface area (Å²) in [6.45, 7) is 0. The maximum absolute atomic E-state index is 12.3. The molecule has 1 amide bonds. The molecule has 3 rings (SSSR count). The molecular weight excluding hydrogens is 400 g/mol. The normalized spacial score (nSPS) is 11.0. The van der Waals surface area contributed by atoms with E-state index in [0.717, 1.165) is 0 Å². The quantitative estimate of drug-likeness (QED) is 0.423. The second-order valence-electron chi connectivity index (χ2n) is 5.38. The molecule has 0 saturated carbocycles. The third-order valence-corrected chi connectivity index (χ3v) is 5.56. The lowest BCUT2D eigenvalue weighted by atomic mass is 10.3. The van der Waals surface area contributed by atoms with Gasteiger partial charge in [-0.15, -0.1) is 0 Å². The standard InChI is InChI=1S/C17H16N6O3S2/c24-15(7-12-27-17-20-10-2-11-21-17)22-13-3-5-14(6-4-13)28(25,26)23-16-18-8-1-9-19-16/h1-6,8-11H,7,12H2,(H,22,24)(H,18,19,23). The maximum atomic E-state index is 12.3. The number of rotatable bonds is 8. The van der Waals surface area contributed by atoms with Crippen molar-refractivity contribution in [2.45, 2.75) is 16.5 Å². The molecule has 0 saturated heterocycles. The van der Waals surface area contributed by atoms with Gasteiger partial charge in [0.2, 0.25) is 11.9 Å². The highest BCUT2D eigenvalue weighted by molar-refractivity contribution is 7.99. The summed E-state index contributed by atoms with van der Waals surface area (Å²) >= 11 is 1.38. The van der Waals surface area contributed by atoms with Crippen LogP contribution in [-0.4, -0.2) is 40.0 Å². The number of carbonyl (C=O) groups is 1. The van der Waals surface area contributed by atoms with Gasteiger partial charge in [-0.25, -0.2) is 33.1 Å². The van der Waals surface area contributed by atoms with E-state index in [9.17, 15) is 13.2 Å². The highest BCUT2D eigenvalue weighted by Gasteiger charge is 2.15. The van der Waals surface area contributed by atoms with Crippen LogP contribution in [-0.2, 0) is 14.8 Å². The van der Waals surface area contributed by atoms with Crippen molar-refractivity contribution in [1.29, 1.82) is 0 Å². The van der Waals surface area contributed by atoms with Gasteiger partial charge in [-0.2, -0.15) is 0 Å². The van der Waals surface area contributed by atoms with Crippen molar-refractivity contribution in [3.05, 3.63) is 61.2 Å². The van der Waals surface area contributed by atoms with Crippen molar-refractivity contribution < 1.29 is 13.2 Å². The van der Waals surface area contributed by atoms with Crippen LogP contribution in [0.2, 0.25) is 0 Å². The molecule has 2 aromatic heterocycles. The first-order valence-electron chi connectivity index (χ1n) is 8.12. The Morgan fingerprint density at radius 1 is 0.929 bits per heavy atom. The predicted molar refractivity (Wildman–Crippen MR) is 105 cm³/mol. The van der Waals surface area contributed by atoms with E-state index in [0.29, 0.717) is 16.6 Å². The number of anilines is 2. The molecule has 28 heavy (non-hydrogen) atoms. The summed E-state index contributed by atoms with van der Waals surface area (Å²) in [5.41, 5.74) is 0.501. The summed E-state index contributed by atoms with van der Waals surface area (Å²) in [4.78, 5) is 27.8. The van der Waals surface area contributed by atoms with Crippen molar-refractivity contribution in [2.24, 2.45) is 0 Å². The minimum absolute atomic E-state index is 0.0141. The number of aromatic nitrogens is 4. The van der Waals surface area contributed by atoms with E-state index < -0.39 is 10.0 Å². The number of sulfonamides is 1. The number of benzene rings is 1. The summed E-state index contributed by atoms with van der Waals surface area (Å²) in [6, 6.07) is 9.14. The zero-order valence-electron chi connectivity index (χ0n) is 14.5. The van der Waals surface area contributed by atoms with Crippen LogP contribution in [0.25, 0.3) is 0 Å². The third kappa shape index (κ3) is 5.72. The van der Waals surface area contributed by atoms with Crippen molar-refractivity contribution in [2.75, 3.05) is 15.8 Å². The van der Waals surface area contributed by atoms with Gasteiger partial charge in [-0.05, 0) is 36.4 Å². The molecule has 0 spiro atoms. The third-order valence-electron chi connectivity index (χ3n) is 3.34. The first-order valence-corrected chi connectivity index (χ1v) is 10.6. The Kier molecular flexibility index (Phi) is 6.50. The number of nitrogens with zero attached hydrogens (tertiary/aromatic N) is 4. The monoisotopic (exact) mass is 416 g/mol. The predicted octanol–water partition coefficient (Wildman–Crippen LogP) is 2.19. The van der Waals surface area contributed by atoms with Crippen LogP contribution in [0.5, 0.6) is 0 Å². The molecule has 11 heteroatoms.